The molecular weight excluding hydrogens is 396 g/mol. The summed E-state index contributed by atoms with van der Waals surface area (Å²) in [4.78, 5) is 32.6. The lowest BCUT2D eigenvalue weighted by atomic mass is 10.1. The molecule has 0 radical (unpaired) electrons. The van der Waals surface area contributed by atoms with Crippen LogP contribution in [0.3, 0.4) is 0 Å². The number of aromatic nitrogens is 1. The van der Waals surface area contributed by atoms with Gasteiger partial charge >= 0.3 is 0 Å². The highest BCUT2D eigenvalue weighted by Crippen LogP contribution is 2.25. The van der Waals surface area contributed by atoms with Crippen LogP contribution in [-0.2, 0) is 13.0 Å². The molecule has 0 N–H and O–H groups in total. The van der Waals surface area contributed by atoms with Crippen molar-refractivity contribution in [3.63, 3.8) is 0 Å². The Morgan fingerprint density at radius 3 is 2.68 bits per heavy atom. The molecule has 2 aromatic heterocycles. The van der Waals surface area contributed by atoms with Crippen molar-refractivity contribution in [3.05, 3.63) is 57.9 Å². The van der Waals surface area contributed by atoms with Crippen LogP contribution in [0.4, 0.5) is 0 Å². The topological polar surface area (TPSA) is 71.2 Å². The first-order chi connectivity index (χ1) is 15.1. The lowest BCUT2D eigenvalue weighted by Crippen LogP contribution is -2.47. The van der Waals surface area contributed by atoms with Crippen molar-refractivity contribution in [2.75, 3.05) is 60.0 Å². The van der Waals surface area contributed by atoms with Crippen LogP contribution >= 0.6 is 0 Å². The van der Waals surface area contributed by atoms with Crippen molar-refractivity contribution in [1.29, 1.82) is 0 Å². The molecule has 0 spiro atoms. The molecule has 1 saturated heterocycles. The molecular formula is C23H30N4O4. The molecule has 2 aromatic rings. The quantitative estimate of drug-likeness (QED) is 0.720. The molecule has 0 saturated carbocycles. The molecule has 2 aliphatic rings. The van der Waals surface area contributed by atoms with Crippen LogP contribution in [0.5, 0.6) is 5.75 Å². The molecule has 1 fully saturated rings. The van der Waals surface area contributed by atoms with Crippen LogP contribution < -0.4 is 10.3 Å². The molecule has 8 heteroatoms. The predicted octanol–water partition coefficient (Wildman–Crippen LogP) is 1.41. The van der Waals surface area contributed by atoms with Gasteiger partial charge in [-0.15, -0.1) is 0 Å². The second kappa shape index (κ2) is 9.53. The van der Waals surface area contributed by atoms with Gasteiger partial charge in [-0.2, -0.15) is 0 Å². The zero-order chi connectivity index (χ0) is 21.8. The number of likely N-dealkylation sites (N-methyl/N-ethyl adjacent to an activating group) is 1. The van der Waals surface area contributed by atoms with E-state index in [0.717, 1.165) is 44.2 Å². The van der Waals surface area contributed by atoms with Crippen LogP contribution in [0.15, 0.2) is 39.7 Å². The first-order valence-corrected chi connectivity index (χ1v) is 10.8. The average molecular weight is 427 g/mol. The molecule has 0 aromatic carbocycles. The van der Waals surface area contributed by atoms with E-state index in [1.807, 2.05) is 23.1 Å². The van der Waals surface area contributed by atoms with Gasteiger partial charge in [0.05, 0.1) is 13.4 Å². The highest BCUT2D eigenvalue weighted by atomic mass is 16.5. The summed E-state index contributed by atoms with van der Waals surface area (Å²) >= 11 is 0. The first kappa shape index (κ1) is 21.4. The molecule has 4 heterocycles. The Labute approximate surface area is 182 Å². The second-order valence-corrected chi connectivity index (χ2v) is 8.09. The van der Waals surface area contributed by atoms with Crippen molar-refractivity contribution < 1.29 is 13.9 Å². The summed E-state index contributed by atoms with van der Waals surface area (Å²) in [6.45, 7) is 5.86. The summed E-state index contributed by atoms with van der Waals surface area (Å²) in [6, 6.07) is 5.23. The van der Waals surface area contributed by atoms with Crippen molar-refractivity contribution >= 4 is 12.0 Å². The number of amides is 1. The molecule has 8 nitrogen and oxygen atoms in total. The van der Waals surface area contributed by atoms with Crippen LogP contribution in [0.25, 0.3) is 6.08 Å². The molecule has 31 heavy (non-hydrogen) atoms. The van der Waals surface area contributed by atoms with Crippen molar-refractivity contribution in [2.45, 2.75) is 13.0 Å². The highest BCUT2D eigenvalue weighted by Gasteiger charge is 2.29. The number of methoxy groups -OCH3 is 1. The Bertz CT molecular complexity index is 988. The highest BCUT2D eigenvalue weighted by molar-refractivity contribution is 5.98. The van der Waals surface area contributed by atoms with Gasteiger partial charge in [0.2, 0.25) is 0 Å². The number of carbonyl (C=O) groups excluding carboxylic acids is 1. The number of piperazine rings is 1. The molecule has 0 atom stereocenters. The van der Waals surface area contributed by atoms with E-state index in [2.05, 4.69) is 22.9 Å². The maximum atomic E-state index is 13.4. The van der Waals surface area contributed by atoms with E-state index >= 15 is 0 Å². The minimum absolute atomic E-state index is 0.0418. The fraction of sp³-hybridized carbons (Fsp3) is 0.478. The third-order valence-electron chi connectivity index (χ3n) is 6.10. The third kappa shape index (κ3) is 4.75. The van der Waals surface area contributed by atoms with Gasteiger partial charge in [-0.3, -0.25) is 14.5 Å². The van der Waals surface area contributed by atoms with Crippen LogP contribution in [0.2, 0.25) is 0 Å². The smallest absolute Gasteiger partial charge is 0.259 e. The van der Waals surface area contributed by atoms with E-state index < -0.39 is 0 Å². The number of pyridine rings is 1. The SMILES string of the molecule is COc1cc(=O)n2c(c1C(=O)N1CCN(C)CC1)CCN(C/C=C/c1ccco1)CC2. The van der Waals surface area contributed by atoms with E-state index in [4.69, 9.17) is 9.15 Å². The summed E-state index contributed by atoms with van der Waals surface area (Å²) in [6.07, 6.45) is 6.29. The molecule has 0 bridgehead atoms. The van der Waals surface area contributed by atoms with Gasteiger partial charge in [0.1, 0.15) is 17.1 Å². The number of fused-ring (bicyclic) bond motifs is 1. The predicted molar refractivity (Wildman–Crippen MR) is 119 cm³/mol. The van der Waals surface area contributed by atoms with Crippen LogP contribution in [0.1, 0.15) is 21.8 Å². The molecule has 1 amide bonds. The van der Waals surface area contributed by atoms with Crippen LogP contribution in [-0.4, -0.2) is 85.1 Å². The van der Waals surface area contributed by atoms with E-state index in [-0.39, 0.29) is 11.5 Å². The Balaban J connectivity index is 1.55. The number of hydrogen-bond donors (Lipinski definition) is 0. The lowest BCUT2D eigenvalue weighted by molar-refractivity contribution is 0.0658. The fourth-order valence-electron chi connectivity index (χ4n) is 4.24. The number of furan rings is 1. The number of rotatable bonds is 5. The minimum atomic E-state index is -0.116. The van der Waals surface area contributed by atoms with Gasteiger partial charge < -0.3 is 23.5 Å². The lowest BCUT2D eigenvalue weighted by Gasteiger charge is -2.33. The van der Waals surface area contributed by atoms with E-state index in [1.165, 1.54) is 13.2 Å². The summed E-state index contributed by atoms with van der Waals surface area (Å²) in [5.74, 6) is 1.16. The van der Waals surface area contributed by atoms with Gasteiger partial charge in [-0.05, 0) is 25.3 Å². The Hall–Kier alpha value is -2.84. The van der Waals surface area contributed by atoms with E-state index in [0.29, 0.717) is 37.4 Å². The molecule has 166 valence electrons. The number of nitrogens with zero attached hydrogens (tertiary/aromatic N) is 4. The number of hydrogen-bond acceptors (Lipinski definition) is 6. The zero-order valence-electron chi connectivity index (χ0n) is 18.2. The monoisotopic (exact) mass is 426 g/mol. The Kier molecular flexibility index (Phi) is 6.58. The van der Waals surface area contributed by atoms with Gasteiger partial charge in [0, 0.05) is 70.5 Å². The summed E-state index contributed by atoms with van der Waals surface area (Å²) < 4.78 is 12.6. The van der Waals surface area contributed by atoms with E-state index in [1.54, 1.807) is 10.8 Å². The van der Waals surface area contributed by atoms with Crippen molar-refractivity contribution in [1.82, 2.24) is 19.3 Å². The summed E-state index contributed by atoms with van der Waals surface area (Å²) in [5, 5.41) is 0. The molecule has 2 aliphatic heterocycles. The fourth-order valence-corrected chi connectivity index (χ4v) is 4.24. The number of carbonyl (C=O) groups is 1. The van der Waals surface area contributed by atoms with Gasteiger partial charge in [0.25, 0.3) is 11.5 Å². The number of ether oxygens (including phenoxy) is 1. The maximum absolute atomic E-state index is 13.4. The largest absolute Gasteiger partial charge is 0.496 e. The standard InChI is InChI=1S/C23H30N4O4/c1-24-10-13-26(14-11-24)23(29)22-19-7-9-25(8-3-5-18-6-4-16-31-18)12-15-27(19)21(28)17-20(22)30-2/h3-6,16-17H,7-15H2,1-2H3/b5-3+. The summed E-state index contributed by atoms with van der Waals surface area (Å²) in [5.41, 5.74) is 1.21. The maximum Gasteiger partial charge on any atom is 0.259 e. The summed E-state index contributed by atoms with van der Waals surface area (Å²) in [7, 11) is 3.58. The second-order valence-electron chi connectivity index (χ2n) is 8.09. The molecule has 4 rings (SSSR count). The first-order valence-electron chi connectivity index (χ1n) is 10.8. The van der Waals surface area contributed by atoms with Gasteiger partial charge in [-0.25, -0.2) is 0 Å². The third-order valence-corrected chi connectivity index (χ3v) is 6.10. The van der Waals surface area contributed by atoms with Gasteiger partial charge in [0.15, 0.2) is 0 Å². The Morgan fingerprint density at radius 1 is 1.16 bits per heavy atom. The van der Waals surface area contributed by atoms with Crippen molar-refractivity contribution in [2.24, 2.45) is 0 Å². The van der Waals surface area contributed by atoms with Crippen LogP contribution in [0, 0.1) is 0 Å². The minimum Gasteiger partial charge on any atom is -0.496 e. The molecule has 0 unspecified atom stereocenters. The normalized spacial score (nSPS) is 18.2. The molecule has 0 aliphatic carbocycles. The zero-order valence-corrected chi connectivity index (χ0v) is 18.2. The van der Waals surface area contributed by atoms with Crippen molar-refractivity contribution in [3.8, 4) is 5.75 Å². The van der Waals surface area contributed by atoms with E-state index in [9.17, 15) is 9.59 Å². The van der Waals surface area contributed by atoms with Gasteiger partial charge in [-0.1, -0.05) is 6.08 Å². The average Bonchev–Trinajstić information content (AvgIpc) is 3.20. The Morgan fingerprint density at radius 2 is 1.97 bits per heavy atom.